The molecule has 4 rings (SSSR count). The number of nitrogens with one attached hydrogen (secondary N) is 2. The van der Waals surface area contributed by atoms with Gasteiger partial charge in [-0.1, -0.05) is 46.8 Å². The molecule has 0 saturated heterocycles. The predicted molar refractivity (Wildman–Crippen MR) is 145 cm³/mol. The third kappa shape index (κ3) is 6.38. The summed E-state index contributed by atoms with van der Waals surface area (Å²) in [4.78, 5) is 13.6. The zero-order valence-corrected chi connectivity index (χ0v) is 24.4. The molecule has 0 spiro atoms. The van der Waals surface area contributed by atoms with Gasteiger partial charge in [-0.05, 0) is 87.2 Å². The van der Waals surface area contributed by atoms with Crippen LogP contribution in [0.5, 0.6) is 0 Å². The summed E-state index contributed by atoms with van der Waals surface area (Å²) in [7, 11) is -3.43. The third-order valence-corrected chi connectivity index (χ3v) is 10.5. The van der Waals surface area contributed by atoms with Gasteiger partial charge in [0.05, 0.1) is 11.8 Å². The minimum absolute atomic E-state index is 0.0104. The maximum Gasteiger partial charge on any atom is 0.223 e. The topological polar surface area (TPSA) is 75.3 Å². The van der Waals surface area contributed by atoms with Crippen LogP contribution in [0.4, 0.5) is 8.78 Å². The van der Waals surface area contributed by atoms with Gasteiger partial charge in [-0.15, -0.1) is 0 Å². The van der Waals surface area contributed by atoms with E-state index in [1.54, 1.807) is 13.0 Å². The molecule has 1 aromatic rings. The number of hydrogen-bond acceptors (Lipinski definition) is 3. The van der Waals surface area contributed by atoms with Crippen LogP contribution >= 0.6 is 0 Å². The van der Waals surface area contributed by atoms with Crippen LogP contribution in [0.15, 0.2) is 12.1 Å². The molecule has 3 aliphatic rings. The molecule has 8 heteroatoms. The largest absolute Gasteiger partial charge is 0.348 e. The average Bonchev–Trinajstić information content (AvgIpc) is 3.47. The van der Waals surface area contributed by atoms with Crippen molar-refractivity contribution in [1.82, 2.24) is 10.0 Å². The number of aryl methyl sites for hydroxylation is 2. The van der Waals surface area contributed by atoms with Crippen LogP contribution in [0.1, 0.15) is 102 Å². The highest BCUT2D eigenvalue weighted by Crippen LogP contribution is 2.63. The number of amides is 1. The molecule has 3 fully saturated rings. The maximum absolute atomic E-state index is 15.5. The van der Waals surface area contributed by atoms with Gasteiger partial charge >= 0.3 is 0 Å². The van der Waals surface area contributed by atoms with E-state index < -0.39 is 27.1 Å². The molecule has 2 bridgehead atoms. The van der Waals surface area contributed by atoms with Gasteiger partial charge < -0.3 is 5.32 Å². The summed E-state index contributed by atoms with van der Waals surface area (Å²) in [6.07, 6.45) is 3.46. The Labute approximate surface area is 222 Å². The Hall–Kier alpha value is -1.54. The van der Waals surface area contributed by atoms with Gasteiger partial charge in [-0.2, -0.15) is 0 Å². The lowest BCUT2D eigenvalue weighted by Gasteiger charge is -2.38. The zero-order chi connectivity index (χ0) is 27.8. The maximum atomic E-state index is 15.5. The summed E-state index contributed by atoms with van der Waals surface area (Å²) in [6, 6.07) is 2.70. The van der Waals surface area contributed by atoms with Crippen LogP contribution < -0.4 is 10.0 Å². The summed E-state index contributed by atoms with van der Waals surface area (Å²) in [5.41, 5.74) is 0.0308. The molecular formula is C29H46F2N2O3S. The van der Waals surface area contributed by atoms with Crippen molar-refractivity contribution in [2.75, 3.05) is 5.75 Å². The number of carbonyl (C=O) groups excluding carboxylic acids is 1. The van der Waals surface area contributed by atoms with Gasteiger partial charge in [0.2, 0.25) is 15.9 Å². The lowest BCUT2D eigenvalue weighted by atomic mass is 9.73. The van der Waals surface area contributed by atoms with Crippen molar-refractivity contribution >= 4 is 15.9 Å². The molecule has 4 atom stereocenters. The van der Waals surface area contributed by atoms with Crippen molar-refractivity contribution in [1.29, 1.82) is 0 Å². The van der Waals surface area contributed by atoms with Crippen molar-refractivity contribution in [2.24, 2.45) is 23.2 Å². The predicted octanol–water partition coefficient (Wildman–Crippen LogP) is 6.29. The van der Waals surface area contributed by atoms with E-state index >= 15 is 8.78 Å². The number of fused-ring (bicyclic) bond motifs is 2. The summed E-state index contributed by atoms with van der Waals surface area (Å²) >= 11 is 0. The van der Waals surface area contributed by atoms with Crippen LogP contribution in [0.25, 0.3) is 0 Å². The van der Waals surface area contributed by atoms with E-state index in [0.29, 0.717) is 56.1 Å². The standard InChI is InChI=1S/C27H40F2N2O3S.C2H6/c1-16(2)14-35(33,34)31-21-13-20(12-19(21)5)25(32)30-24(22-17(3)6-7-18(4)23(22)28)26-8-10-27(29,15-26)11-9-26;1-2/h6-7,16,19-21,24,31H,8-15H2,1-5H3,(H,30,32);1-2H3/t19?,20-,21?,24?,26?,27?;/m0./s1. The van der Waals surface area contributed by atoms with Crippen LogP contribution in [0, 0.1) is 42.8 Å². The smallest absolute Gasteiger partial charge is 0.223 e. The fourth-order valence-corrected chi connectivity index (χ4v) is 8.62. The molecule has 3 aliphatic carbocycles. The third-order valence-electron chi connectivity index (χ3n) is 8.73. The van der Waals surface area contributed by atoms with Crippen LogP contribution in [0.2, 0.25) is 0 Å². The molecule has 1 aromatic carbocycles. The Morgan fingerprint density at radius 1 is 1.08 bits per heavy atom. The van der Waals surface area contributed by atoms with Crippen molar-refractivity contribution in [3.05, 3.63) is 34.6 Å². The second-order valence-corrected chi connectivity index (χ2v) is 13.9. The first-order chi connectivity index (χ1) is 17.2. The number of sulfonamides is 1. The lowest BCUT2D eigenvalue weighted by Crippen LogP contribution is -2.43. The second kappa shape index (κ2) is 11.3. The molecule has 0 radical (unpaired) electrons. The van der Waals surface area contributed by atoms with Gasteiger partial charge in [0, 0.05) is 17.5 Å². The number of alkyl halides is 1. The Balaban J connectivity index is 0.00000186. The van der Waals surface area contributed by atoms with Crippen LogP contribution in [-0.4, -0.2) is 31.8 Å². The highest BCUT2D eigenvalue weighted by atomic mass is 32.2. The summed E-state index contributed by atoms with van der Waals surface area (Å²) in [5.74, 6) is -0.817. The second-order valence-electron chi connectivity index (χ2n) is 12.1. The van der Waals surface area contributed by atoms with Crippen molar-refractivity contribution in [2.45, 2.75) is 111 Å². The first-order valence-electron chi connectivity index (χ1n) is 14.0. The van der Waals surface area contributed by atoms with Gasteiger partial charge in [0.25, 0.3) is 0 Å². The summed E-state index contributed by atoms with van der Waals surface area (Å²) in [6.45, 7) is 13.2. The van der Waals surface area contributed by atoms with E-state index in [4.69, 9.17) is 0 Å². The highest BCUT2D eigenvalue weighted by molar-refractivity contribution is 7.89. The van der Waals surface area contributed by atoms with Crippen LogP contribution in [0.3, 0.4) is 0 Å². The minimum atomic E-state index is -3.43. The van der Waals surface area contributed by atoms with Crippen molar-refractivity contribution < 1.29 is 22.0 Å². The molecule has 37 heavy (non-hydrogen) atoms. The number of carbonyl (C=O) groups is 1. The number of hydrogen-bond donors (Lipinski definition) is 2. The normalized spacial score (nSPS) is 31.8. The molecule has 1 amide bonds. The van der Waals surface area contributed by atoms with Gasteiger partial charge in [0.15, 0.2) is 0 Å². The van der Waals surface area contributed by atoms with Crippen molar-refractivity contribution in [3.8, 4) is 0 Å². The Morgan fingerprint density at radius 2 is 1.68 bits per heavy atom. The summed E-state index contributed by atoms with van der Waals surface area (Å²) in [5, 5.41) is 3.18. The highest BCUT2D eigenvalue weighted by Gasteiger charge is 2.59. The van der Waals surface area contributed by atoms with Crippen molar-refractivity contribution in [3.63, 3.8) is 0 Å². The van der Waals surface area contributed by atoms with E-state index in [-0.39, 0.29) is 41.3 Å². The fourth-order valence-electron chi connectivity index (χ4n) is 6.86. The Morgan fingerprint density at radius 3 is 2.22 bits per heavy atom. The minimum Gasteiger partial charge on any atom is -0.348 e. The molecule has 5 nitrogen and oxygen atoms in total. The van der Waals surface area contributed by atoms with Crippen LogP contribution in [-0.2, 0) is 14.8 Å². The lowest BCUT2D eigenvalue weighted by molar-refractivity contribution is -0.126. The molecule has 2 N–H and O–H groups in total. The average molecular weight is 541 g/mol. The van der Waals surface area contributed by atoms with Gasteiger partial charge in [-0.25, -0.2) is 21.9 Å². The molecule has 210 valence electrons. The number of rotatable bonds is 8. The molecule has 0 heterocycles. The molecule has 3 saturated carbocycles. The monoisotopic (exact) mass is 540 g/mol. The van der Waals surface area contributed by atoms with Gasteiger partial charge in [-0.3, -0.25) is 4.79 Å². The molecular weight excluding hydrogens is 494 g/mol. The van der Waals surface area contributed by atoms with E-state index in [2.05, 4.69) is 10.0 Å². The van der Waals surface area contributed by atoms with E-state index in [1.807, 2.05) is 47.6 Å². The SMILES string of the molecule is CC.Cc1ccc(C)c(C(NC(=O)[C@H]2CC(C)C(NS(=O)(=O)CC(C)C)C2)C23CCC(F)(CC2)C3)c1F. The molecule has 0 aliphatic heterocycles. The quantitative estimate of drug-likeness (QED) is 0.407. The first-order valence-corrected chi connectivity index (χ1v) is 15.6. The first kappa shape index (κ1) is 30.0. The van der Waals surface area contributed by atoms with Gasteiger partial charge in [0.1, 0.15) is 11.5 Å². The van der Waals surface area contributed by atoms with E-state index in [1.165, 1.54) is 0 Å². The van der Waals surface area contributed by atoms with E-state index in [9.17, 15) is 13.2 Å². The number of halogens is 2. The molecule has 3 unspecified atom stereocenters. The van der Waals surface area contributed by atoms with E-state index in [0.717, 1.165) is 5.56 Å². The summed E-state index contributed by atoms with van der Waals surface area (Å²) < 4.78 is 58.5. The number of benzene rings is 1. The Bertz CT molecular complexity index is 1080. The molecule has 0 aromatic heterocycles. The Kier molecular flexibility index (Phi) is 9.16. The fraction of sp³-hybridized carbons (Fsp3) is 0.759. The zero-order valence-electron chi connectivity index (χ0n) is 23.6.